The predicted molar refractivity (Wildman–Crippen MR) is 69.5 cm³/mol. The van der Waals surface area contributed by atoms with Crippen molar-refractivity contribution in [1.29, 1.82) is 0 Å². The largest absolute Gasteiger partial charge is 0.377 e. The molecular formula is C11H18OS2. The van der Waals surface area contributed by atoms with E-state index >= 15 is 0 Å². The Bertz CT molecular complexity index is 200. The van der Waals surface area contributed by atoms with E-state index in [1.807, 2.05) is 25.1 Å². The standard InChI is InChI=1S/C9H12O.C2H6S2/c1-2-10-8-9-6-4-3-5-7-9;3-1-2-4/h3-7H,2,8H2,1H3;3-4H,1-2H2. The molecule has 3 heteroatoms. The average molecular weight is 230 g/mol. The third kappa shape index (κ3) is 8.48. The topological polar surface area (TPSA) is 9.23 Å². The minimum absolute atomic E-state index is 0.733. The zero-order chi connectivity index (χ0) is 10.6. The lowest BCUT2D eigenvalue weighted by Crippen LogP contribution is -1.90. The molecule has 0 fully saturated rings. The third-order valence-corrected chi connectivity index (χ3v) is 2.22. The Hall–Kier alpha value is -0.120. The number of hydrogen-bond acceptors (Lipinski definition) is 3. The molecule has 14 heavy (non-hydrogen) atoms. The molecule has 0 heterocycles. The first-order chi connectivity index (χ1) is 6.85. The zero-order valence-electron chi connectivity index (χ0n) is 8.52. The molecule has 0 saturated heterocycles. The Morgan fingerprint density at radius 3 is 2.07 bits per heavy atom. The van der Waals surface area contributed by atoms with E-state index in [0.717, 1.165) is 24.7 Å². The van der Waals surface area contributed by atoms with Gasteiger partial charge in [0.05, 0.1) is 6.61 Å². The SMILES string of the molecule is CCOCc1ccccc1.SCCS. The molecule has 0 aliphatic rings. The van der Waals surface area contributed by atoms with Gasteiger partial charge in [-0.05, 0) is 24.0 Å². The summed E-state index contributed by atoms with van der Waals surface area (Å²) in [5.41, 5.74) is 1.24. The van der Waals surface area contributed by atoms with Crippen molar-refractivity contribution in [3.05, 3.63) is 35.9 Å². The lowest BCUT2D eigenvalue weighted by atomic mass is 10.2. The van der Waals surface area contributed by atoms with Crippen LogP contribution in [-0.4, -0.2) is 18.1 Å². The fourth-order valence-corrected chi connectivity index (χ4v) is 0.794. The van der Waals surface area contributed by atoms with Crippen molar-refractivity contribution in [2.75, 3.05) is 18.1 Å². The fourth-order valence-electron chi connectivity index (χ4n) is 0.794. The summed E-state index contributed by atoms with van der Waals surface area (Å²) in [6, 6.07) is 10.2. The first-order valence-electron chi connectivity index (χ1n) is 4.68. The molecule has 0 N–H and O–H groups in total. The summed E-state index contributed by atoms with van der Waals surface area (Å²) in [4.78, 5) is 0. The second-order valence-electron chi connectivity index (χ2n) is 2.57. The third-order valence-electron chi connectivity index (χ3n) is 1.42. The van der Waals surface area contributed by atoms with Crippen molar-refractivity contribution >= 4 is 25.3 Å². The molecule has 0 amide bonds. The number of hydrogen-bond donors (Lipinski definition) is 2. The lowest BCUT2D eigenvalue weighted by Gasteiger charge is -1.98. The Labute approximate surface area is 97.7 Å². The first-order valence-corrected chi connectivity index (χ1v) is 5.95. The van der Waals surface area contributed by atoms with E-state index in [2.05, 4.69) is 37.4 Å². The van der Waals surface area contributed by atoms with Crippen LogP contribution in [0.1, 0.15) is 12.5 Å². The van der Waals surface area contributed by atoms with E-state index in [0.29, 0.717) is 0 Å². The molecule has 0 aliphatic carbocycles. The van der Waals surface area contributed by atoms with Gasteiger partial charge in [0.2, 0.25) is 0 Å². The van der Waals surface area contributed by atoms with Crippen molar-refractivity contribution in [3.63, 3.8) is 0 Å². The molecule has 1 aromatic carbocycles. The molecule has 0 unspecified atom stereocenters. The Morgan fingerprint density at radius 2 is 1.64 bits per heavy atom. The van der Waals surface area contributed by atoms with E-state index in [1.54, 1.807) is 0 Å². The van der Waals surface area contributed by atoms with Gasteiger partial charge in [-0.1, -0.05) is 30.3 Å². The van der Waals surface area contributed by atoms with Gasteiger partial charge in [-0.3, -0.25) is 0 Å². The van der Waals surface area contributed by atoms with E-state index in [1.165, 1.54) is 5.56 Å². The molecule has 0 radical (unpaired) electrons. The summed E-state index contributed by atoms with van der Waals surface area (Å²) in [5.74, 6) is 1.76. The normalized spacial score (nSPS) is 9.07. The van der Waals surface area contributed by atoms with Gasteiger partial charge in [0.1, 0.15) is 0 Å². The Kier molecular flexibility index (Phi) is 10.9. The van der Waals surface area contributed by atoms with Gasteiger partial charge in [0, 0.05) is 6.61 Å². The zero-order valence-corrected chi connectivity index (χ0v) is 10.3. The summed E-state index contributed by atoms with van der Waals surface area (Å²) < 4.78 is 5.22. The maximum absolute atomic E-state index is 5.22. The quantitative estimate of drug-likeness (QED) is 0.756. The highest BCUT2D eigenvalue weighted by atomic mass is 32.1. The van der Waals surface area contributed by atoms with Crippen molar-refractivity contribution < 1.29 is 4.74 Å². The summed E-state index contributed by atoms with van der Waals surface area (Å²) >= 11 is 7.69. The van der Waals surface area contributed by atoms with Gasteiger partial charge in [-0.25, -0.2) is 0 Å². The van der Waals surface area contributed by atoms with E-state index < -0.39 is 0 Å². The number of ether oxygens (including phenoxy) is 1. The highest BCUT2D eigenvalue weighted by molar-refractivity contribution is 7.84. The molecule has 1 aromatic rings. The molecule has 1 rings (SSSR count). The number of benzene rings is 1. The monoisotopic (exact) mass is 230 g/mol. The molecule has 1 nitrogen and oxygen atoms in total. The van der Waals surface area contributed by atoms with Crippen molar-refractivity contribution in [2.45, 2.75) is 13.5 Å². The van der Waals surface area contributed by atoms with Crippen LogP contribution in [0, 0.1) is 0 Å². The summed E-state index contributed by atoms with van der Waals surface area (Å²) in [6.45, 7) is 3.52. The van der Waals surface area contributed by atoms with Crippen LogP contribution in [0.4, 0.5) is 0 Å². The summed E-state index contributed by atoms with van der Waals surface area (Å²) in [6.07, 6.45) is 0. The predicted octanol–water partition coefficient (Wildman–Crippen LogP) is 3.07. The van der Waals surface area contributed by atoms with E-state index in [-0.39, 0.29) is 0 Å². The van der Waals surface area contributed by atoms with Gasteiger partial charge < -0.3 is 4.74 Å². The lowest BCUT2D eigenvalue weighted by molar-refractivity contribution is 0.134. The van der Waals surface area contributed by atoms with Crippen LogP contribution in [-0.2, 0) is 11.3 Å². The molecule has 0 spiro atoms. The van der Waals surface area contributed by atoms with Crippen LogP contribution in [0.3, 0.4) is 0 Å². The van der Waals surface area contributed by atoms with Crippen molar-refractivity contribution in [2.24, 2.45) is 0 Å². The Morgan fingerprint density at radius 1 is 1.07 bits per heavy atom. The van der Waals surface area contributed by atoms with Gasteiger partial charge in [0.25, 0.3) is 0 Å². The highest BCUT2D eigenvalue weighted by Gasteiger charge is 1.86. The fraction of sp³-hybridized carbons (Fsp3) is 0.455. The molecule has 0 aromatic heterocycles. The van der Waals surface area contributed by atoms with Gasteiger partial charge in [0.15, 0.2) is 0 Å². The van der Waals surface area contributed by atoms with Gasteiger partial charge >= 0.3 is 0 Å². The van der Waals surface area contributed by atoms with Gasteiger partial charge in [-0.15, -0.1) is 0 Å². The number of rotatable bonds is 4. The summed E-state index contributed by atoms with van der Waals surface area (Å²) in [5, 5.41) is 0. The minimum atomic E-state index is 0.733. The van der Waals surface area contributed by atoms with E-state index in [4.69, 9.17) is 4.74 Å². The van der Waals surface area contributed by atoms with Crippen LogP contribution in [0.5, 0.6) is 0 Å². The first kappa shape index (κ1) is 13.9. The van der Waals surface area contributed by atoms with Gasteiger partial charge in [-0.2, -0.15) is 25.3 Å². The smallest absolute Gasteiger partial charge is 0.0716 e. The van der Waals surface area contributed by atoms with Crippen molar-refractivity contribution in [1.82, 2.24) is 0 Å². The maximum atomic E-state index is 5.22. The second-order valence-corrected chi connectivity index (χ2v) is 3.46. The van der Waals surface area contributed by atoms with E-state index in [9.17, 15) is 0 Å². The minimum Gasteiger partial charge on any atom is -0.377 e. The average Bonchev–Trinajstić information content (AvgIpc) is 2.28. The molecule has 0 saturated carbocycles. The Balaban J connectivity index is 0.000000364. The van der Waals surface area contributed by atoms with Crippen LogP contribution in [0.25, 0.3) is 0 Å². The maximum Gasteiger partial charge on any atom is 0.0716 e. The number of thiol groups is 2. The molecule has 0 atom stereocenters. The second kappa shape index (κ2) is 11.0. The molecule has 0 aliphatic heterocycles. The molecule has 80 valence electrons. The van der Waals surface area contributed by atoms with Crippen LogP contribution >= 0.6 is 25.3 Å². The van der Waals surface area contributed by atoms with Crippen LogP contribution in [0.2, 0.25) is 0 Å². The van der Waals surface area contributed by atoms with Crippen LogP contribution < -0.4 is 0 Å². The highest BCUT2D eigenvalue weighted by Crippen LogP contribution is 1.99. The van der Waals surface area contributed by atoms with Crippen molar-refractivity contribution in [3.8, 4) is 0 Å². The molecular weight excluding hydrogens is 212 g/mol. The summed E-state index contributed by atoms with van der Waals surface area (Å²) in [7, 11) is 0. The molecule has 0 bridgehead atoms. The van der Waals surface area contributed by atoms with Crippen LogP contribution in [0.15, 0.2) is 30.3 Å².